The van der Waals surface area contributed by atoms with Crippen LogP contribution in [0.4, 0.5) is 17.1 Å². The third-order valence-corrected chi connectivity index (χ3v) is 10.1. The van der Waals surface area contributed by atoms with Crippen LogP contribution in [0.2, 0.25) is 6.32 Å². The Morgan fingerprint density at radius 2 is 1.74 bits per heavy atom. The number of rotatable bonds is 10. The fourth-order valence-corrected chi connectivity index (χ4v) is 7.89. The molecule has 0 spiro atoms. The van der Waals surface area contributed by atoms with Gasteiger partial charge in [-0.25, -0.2) is 0 Å². The van der Waals surface area contributed by atoms with Gasteiger partial charge in [-0.15, -0.1) is 0 Å². The van der Waals surface area contributed by atoms with E-state index in [0.29, 0.717) is 24.8 Å². The van der Waals surface area contributed by atoms with Gasteiger partial charge in [0.2, 0.25) is 11.8 Å². The zero-order valence-corrected chi connectivity index (χ0v) is 27.9. The van der Waals surface area contributed by atoms with Crippen LogP contribution < -0.4 is 10.2 Å². The van der Waals surface area contributed by atoms with E-state index in [1.807, 2.05) is 72.8 Å². The highest BCUT2D eigenvalue weighted by atomic mass is 79.9. The summed E-state index contributed by atoms with van der Waals surface area (Å²) in [6, 6.07) is 22.6. The first kappa shape index (κ1) is 32.3. The number of nitrogens with zero attached hydrogens (tertiary/aromatic N) is 1. The first-order valence-corrected chi connectivity index (χ1v) is 17.1. The van der Waals surface area contributed by atoms with Crippen molar-refractivity contribution in [3.8, 4) is 5.75 Å². The normalized spacial score (nSPS) is 23.1. The molecule has 9 heteroatoms. The van der Waals surface area contributed by atoms with E-state index in [4.69, 9.17) is 4.65 Å². The summed E-state index contributed by atoms with van der Waals surface area (Å²) in [6.07, 6.45) is 6.48. The Hall–Kier alpha value is -3.66. The predicted molar refractivity (Wildman–Crippen MR) is 187 cm³/mol. The van der Waals surface area contributed by atoms with Crippen LogP contribution in [0, 0.1) is 17.8 Å². The SMILES string of the molecule is CCC/C(=C\c1cc(Br)ccc1O)CC[C@H]1OB(O)C[C@H]2C1=C(CC)C[C@H]1C(=O)N(c3ccc(Nc4ccccc4)cc3)C(=O)[C@H]12. The largest absolute Gasteiger partial charge is 0.507 e. The molecule has 7 nitrogen and oxygen atoms in total. The number of anilines is 3. The van der Waals surface area contributed by atoms with E-state index in [2.05, 4.69) is 35.1 Å². The molecule has 238 valence electrons. The molecule has 0 saturated carbocycles. The van der Waals surface area contributed by atoms with Crippen molar-refractivity contribution in [2.45, 2.75) is 64.8 Å². The highest BCUT2D eigenvalue weighted by molar-refractivity contribution is 9.10. The molecule has 4 atom stereocenters. The molecule has 3 N–H and O–H groups in total. The average molecular weight is 683 g/mol. The van der Waals surface area contributed by atoms with Crippen molar-refractivity contribution in [1.82, 2.24) is 0 Å². The third kappa shape index (κ3) is 6.59. The molecule has 2 heterocycles. The van der Waals surface area contributed by atoms with E-state index in [9.17, 15) is 19.7 Å². The Balaban J connectivity index is 1.23. The van der Waals surface area contributed by atoms with Crippen LogP contribution in [0.5, 0.6) is 5.75 Å². The Kier molecular flexibility index (Phi) is 9.82. The van der Waals surface area contributed by atoms with Crippen LogP contribution in [0.15, 0.2) is 94.0 Å². The summed E-state index contributed by atoms with van der Waals surface area (Å²) < 4.78 is 7.09. The maximum Gasteiger partial charge on any atom is 0.455 e. The number of halogens is 1. The Bertz CT molecular complexity index is 1660. The van der Waals surface area contributed by atoms with Crippen molar-refractivity contribution in [2.75, 3.05) is 10.2 Å². The monoisotopic (exact) mass is 682 g/mol. The van der Waals surface area contributed by atoms with Gasteiger partial charge in [-0.1, -0.05) is 71.6 Å². The molecule has 0 bridgehead atoms. The molecule has 46 heavy (non-hydrogen) atoms. The molecule has 2 amide bonds. The molecule has 3 aromatic carbocycles. The van der Waals surface area contributed by atoms with Gasteiger partial charge >= 0.3 is 7.12 Å². The molecule has 3 aromatic rings. The molecule has 2 fully saturated rings. The first-order chi connectivity index (χ1) is 22.3. The average Bonchev–Trinajstić information content (AvgIpc) is 3.30. The third-order valence-electron chi connectivity index (χ3n) is 9.57. The lowest BCUT2D eigenvalue weighted by atomic mass is 9.58. The van der Waals surface area contributed by atoms with E-state index in [1.54, 1.807) is 6.07 Å². The minimum Gasteiger partial charge on any atom is -0.507 e. The van der Waals surface area contributed by atoms with Crippen LogP contribution in [0.25, 0.3) is 6.08 Å². The van der Waals surface area contributed by atoms with Gasteiger partial charge < -0.3 is 20.1 Å². The highest BCUT2D eigenvalue weighted by Gasteiger charge is 2.57. The van der Waals surface area contributed by atoms with Gasteiger partial charge in [0, 0.05) is 21.4 Å². The molecule has 2 aliphatic heterocycles. The molecule has 0 unspecified atom stereocenters. The zero-order chi connectivity index (χ0) is 32.4. The topological polar surface area (TPSA) is 99.1 Å². The smallest absolute Gasteiger partial charge is 0.455 e. The number of fused-ring (bicyclic) bond motifs is 3. The van der Waals surface area contributed by atoms with E-state index in [-0.39, 0.29) is 29.6 Å². The van der Waals surface area contributed by atoms with Crippen molar-refractivity contribution >= 4 is 58.0 Å². The fraction of sp³-hybridized carbons (Fsp3) is 0.351. The lowest BCUT2D eigenvalue weighted by molar-refractivity contribution is -0.122. The second-order valence-corrected chi connectivity index (χ2v) is 13.4. The van der Waals surface area contributed by atoms with Gasteiger partial charge in [0.05, 0.1) is 23.6 Å². The van der Waals surface area contributed by atoms with Crippen LogP contribution >= 0.6 is 15.9 Å². The first-order valence-electron chi connectivity index (χ1n) is 16.3. The number of aromatic hydroxyl groups is 1. The Morgan fingerprint density at radius 1 is 1.00 bits per heavy atom. The molecular formula is C37H40BBrN2O5. The van der Waals surface area contributed by atoms with Crippen molar-refractivity contribution < 1.29 is 24.4 Å². The summed E-state index contributed by atoms with van der Waals surface area (Å²) in [7, 11) is -1.01. The summed E-state index contributed by atoms with van der Waals surface area (Å²) in [5.74, 6) is -1.35. The standard InChI is InChI=1S/C37H40BBrN2O5/c1-3-8-23(19-25-20-26(39)12-17-32(25)42)11-18-33-34-24(4-2)21-30-35(31(34)22-38(45)46-33)37(44)41(36(30)43)29-15-13-28(14-16-29)40-27-9-6-5-7-10-27/h5-7,9-10,12-17,19-20,30-31,33,35,40,42,45H,3-4,8,11,18,21-22H2,1-2H3/b23-19+/t30-,31+,33-,35-/m1/s1. The molecule has 0 aromatic heterocycles. The number of benzene rings is 3. The zero-order valence-electron chi connectivity index (χ0n) is 26.3. The van der Waals surface area contributed by atoms with Gasteiger partial charge in [0.15, 0.2) is 0 Å². The molecular weight excluding hydrogens is 643 g/mol. The quantitative estimate of drug-likeness (QED) is 0.113. The number of phenolic OH excluding ortho intramolecular Hbond substituents is 1. The van der Waals surface area contributed by atoms with Crippen molar-refractivity contribution in [3.05, 3.63) is 99.6 Å². The minimum absolute atomic E-state index is 0.164. The van der Waals surface area contributed by atoms with Crippen molar-refractivity contribution in [1.29, 1.82) is 0 Å². The summed E-state index contributed by atoms with van der Waals surface area (Å²) in [5, 5.41) is 24.7. The summed E-state index contributed by atoms with van der Waals surface area (Å²) in [4.78, 5) is 29.4. The summed E-state index contributed by atoms with van der Waals surface area (Å²) in [5.41, 5.74) is 6.60. The number of hydrogen-bond acceptors (Lipinski definition) is 6. The number of allylic oxidation sites excluding steroid dienone is 2. The number of nitrogens with one attached hydrogen (secondary N) is 1. The Labute approximate surface area is 279 Å². The van der Waals surface area contributed by atoms with E-state index >= 15 is 0 Å². The lowest BCUT2D eigenvalue weighted by Gasteiger charge is -2.43. The van der Waals surface area contributed by atoms with Crippen LogP contribution in [0.1, 0.15) is 57.9 Å². The molecule has 3 aliphatic rings. The van der Waals surface area contributed by atoms with E-state index in [0.717, 1.165) is 52.7 Å². The van der Waals surface area contributed by atoms with Crippen LogP contribution in [-0.2, 0) is 14.2 Å². The Morgan fingerprint density at radius 3 is 2.46 bits per heavy atom. The number of imide groups is 1. The number of para-hydroxylation sites is 1. The second-order valence-electron chi connectivity index (χ2n) is 12.5. The second kappa shape index (κ2) is 14.0. The van der Waals surface area contributed by atoms with Crippen LogP contribution in [0.3, 0.4) is 0 Å². The van der Waals surface area contributed by atoms with Gasteiger partial charge in [-0.05, 0) is 105 Å². The fourth-order valence-electron chi connectivity index (χ4n) is 7.51. The van der Waals surface area contributed by atoms with Crippen molar-refractivity contribution in [2.24, 2.45) is 17.8 Å². The van der Waals surface area contributed by atoms with Gasteiger partial charge in [-0.3, -0.25) is 14.5 Å². The predicted octanol–water partition coefficient (Wildman–Crippen LogP) is 8.27. The summed E-state index contributed by atoms with van der Waals surface area (Å²) in [6.45, 7) is 4.23. The number of amides is 2. The number of phenols is 1. The summed E-state index contributed by atoms with van der Waals surface area (Å²) >= 11 is 3.50. The number of carbonyl (C=O) groups excluding carboxylic acids is 2. The number of hydrogen-bond donors (Lipinski definition) is 3. The van der Waals surface area contributed by atoms with Crippen molar-refractivity contribution in [3.63, 3.8) is 0 Å². The van der Waals surface area contributed by atoms with E-state index < -0.39 is 19.0 Å². The number of carbonyl (C=O) groups is 2. The molecule has 6 rings (SSSR count). The van der Waals surface area contributed by atoms with Gasteiger partial charge in [0.25, 0.3) is 0 Å². The maximum absolute atomic E-state index is 14.1. The molecule has 1 aliphatic carbocycles. The lowest BCUT2D eigenvalue weighted by Crippen LogP contribution is -2.46. The molecule has 2 saturated heterocycles. The van der Waals surface area contributed by atoms with E-state index in [1.165, 1.54) is 16.0 Å². The van der Waals surface area contributed by atoms with Gasteiger partial charge in [0.1, 0.15) is 5.75 Å². The molecule has 0 radical (unpaired) electrons. The van der Waals surface area contributed by atoms with Crippen LogP contribution in [-0.4, -0.2) is 35.2 Å². The minimum atomic E-state index is -1.01. The highest BCUT2D eigenvalue weighted by Crippen LogP contribution is 2.52. The maximum atomic E-state index is 14.1. The van der Waals surface area contributed by atoms with Gasteiger partial charge in [-0.2, -0.15) is 0 Å².